The van der Waals surface area contributed by atoms with E-state index in [1.807, 2.05) is 0 Å². The highest BCUT2D eigenvalue weighted by Gasteiger charge is 2.33. The van der Waals surface area contributed by atoms with Gasteiger partial charge in [-0.15, -0.1) is 0 Å². The van der Waals surface area contributed by atoms with Crippen LogP contribution in [0.5, 0.6) is 5.75 Å². The molecule has 0 N–H and O–H groups in total. The minimum absolute atomic E-state index is 0.287. The van der Waals surface area contributed by atoms with Crippen molar-refractivity contribution in [3.05, 3.63) is 29.8 Å². The molecular weight excluding hydrogens is 220 g/mol. The Labute approximate surface area is 101 Å². The lowest BCUT2D eigenvalue weighted by Gasteiger charge is -2.23. The normalized spacial score (nSPS) is 10.8. The molecule has 4 nitrogen and oxygen atoms in total. The van der Waals surface area contributed by atoms with E-state index in [1.165, 1.54) is 14.0 Å². The second-order valence-corrected chi connectivity index (χ2v) is 4.13. The Hall–Kier alpha value is -1.84. The predicted molar refractivity (Wildman–Crippen MR) is 63.2 cm³/mol. The van der Waals surface area contributed by atoms with E-state index in [0.29, 0.717) is 11.3 Å². The van der Waals surface area contributed by atoms with Gasteiger partial charge < -0.3 is 9.47 Å². The third-order valence-corrected chi connectivity index (χ3v) is 2.30. The molecule has 0 atom stereocenters. The van der Waals surface area contributed by atoms with Crippen molar-refractivity contribution in [2.75, 3.05) is 7.11 Å². The molecule has 4 heteroatoms. The number of carbonyl (C=O) groups is 2. The van der Waals surface area contributed by atoms with E-state index in [-0.39, 0.29) is 5.78 Å². The fourth-order valence-electron chi connectivity index (χ4n) is 1.56. The topological polar surface area (TPSA) is 52.6 Å². The van der Waals surface area contributed by atoms with Crippen LogP contribution in [0.1, 0.15) is 31.1 Å². The van der Waals surface area contributed by atoms with Gasteiger partial charge in [0.1, 0.15) is 5.75 Å². The van der Waals surface area contributed by atoms with Crippen LogP contribution in [0.25, 0.3) is 0 Å². The molecule has 17 heavy (non-hydrogen) atoms. The molecule has 1 rings (SSSR count). The summed E-state index contributed by atoms with van der Waals surface area (Å²) in [6.07, 6.45) is 0. The first kappa shape index (κ1) is 13.2. The highest BCUT2D eigenvalue weighted by atomic mass is 16.6. The number of para-hydroxylation sites is 1. The van der Waals surface area contributed by atoms with Crippen molar-refractivity contribution in [2.45, 2.75) is 26.4 Å². The highest BCUT2D eigenvalue weighted by Crippen LogP contribution is 2.24. The van der Waals surface area contributed by atoms with E-state index in [2.05, 4.69) is 0 Å². The predicted octanol–water partition coefficient (Wildman–Crippen LogP) is 2.22. The second-order valence-electron chi connectivity index (χ2n) is 4.13. The number of hydrogen-bond acceptors (Lipinski definition) is 4. The van der Waals surface area contributed by atoms with Crippen LogP contribution >= 0.6 is 0 Å². The highest BCUT2D eigenvalue weighted by molar-refractivity contribution is 6.04. The Morgan fingerprint density at radius 2 is 1.76 bits per heavy atom. The molecule has 0 aromatic heterocycles. The number of methoxy groups -OCH3 is 1. The average Bonchev–Trinajstić information content (AvgIpc) is 2.26. The fourth-order valence-corrected chi connectivity index (χ4v) is 1.56. The molecule has 0 bridgehead atoms. The molecule has 0 amide bonds. The van der Waals surface area contributed by atoms with Gasteiger partial charge in [-0.1, -0.05) is 12.1 Å². The minimum atomic E-state index is -1.19. The van der Waals surface area contributed by atoms with E-state index >= 15 is 0 Å². The Morgan fingerprint density at radius 1 is 1.18 bits per heavy atom. The maximum Gasteiger partial charge on any atom is 0.303 e. The van der Waals surface area contributed by atoms with Crippen molar-refractivity contribution >= 4 is 11.8 Å². The van der Waals surface area contributed by atoms with Crippen LogP contribution in [0.4, 0.5) is 0 Å². The molecular formula is C13H16O4. The van der Waals surface area contributed by atoms with Crippen molar-refractivity contribution in [2.24, 2.45) is 0 Å². The monoisotopic (exact) mass is 236 g/mol. The summed E-state index contributed by atoms with van der Waals surface area (Å²) < 4.78 is 10.1. The van der Waals surface area contributed by atoms with Crippen LogP contribution in [0.3, 0.4) is 0 Å². The van der Waals surface area contributed by atoms with Crippen molar-refractivity contribution < 1.29 is 19.1 Å². The van der Waals surface area contributed by atoms with Gasteiger partial charge in [0, 0.05) is 6.92 Å². The molecule has 0 heterocycles. The summed E-state index contributed by atoms with van der Waals surface area (Å²) in [5.41, 5.74) is -0.790. The van der Waals surface area contributed by atoms with E-state index in [1.54, 1.807) is 38.1 Å². The summed E-state index contributed by atoms with van der Waals surface area (Å²) in [6.45, 7) is 4.39. The number of ketones is 1. The number of rotatable bonds is 4. The summed E-state index contributed by atoms with van der Waals surface area (Å²) in [5.74, 6) is -0.305. The molecule has 0 unspecified atom stereocenters. The average molecular weight is 236 g/mol. The number of carbonyl (C=O) groups excluding carboxylic acids is 2. The summed E-state index contributed by atoms with van der Waals surface area (Å²) in [4.78, 5) is 23.2. The smallest absolute Gasteiger partial charge is 0.303 e. The summed E-state index contributed by atoms with van der Waals surface area (Å²) in [7, 11) is 1.49. The van der Waals surface area contributed by atoms with Gasteiger partial charge in [0.15, 0.2) is 5.60 Å². The fraction of sp³-hybridized carbons (Fsp3) is 0.385. The molecule has 92 valence electrons. The van der Waals surface area contributed by atoms with Crippen molar-refractivity contribution in [1.29, 1.82) is 0 Å². The summed E-state index contributed by atoms with van der Waals surface area (Å²) in [5, 5.41) is 0. The third kappa shape index (κ3) is 3.06. The van der Waals surface area contributed by atoms with Gasteiger partial charge in [0.05, 0.1) is 12.7 Å². The molecule has 1 aromatic carbocycles. The van der Waals surface area contributed by atoms with Crippen LogP contribution in [-0.2, 0) is 9.53 Å². The molecule has 0 radical (unpaired) electrons. The van der Waals surface area contributed by atoms with Gasteiger partial charge in [-0.2, -0.15) is 0 Å². The standard InChI is InChI=1S/C13H16O4/c1-9(14)17-13(2,3)12(15)10-7-5-6-8-11(10)16-4/h5-8H,1-4H3. The number of ether oxygens (including phenoxy) is 2. The Morgan fingerprint density at radius 3 is 2.29 bits per heavy atom. The molecule has 0 spiro atoms. The molecule has 0 aliphatic rings. The van der Waals surface area contributed by atoms with Crippen LogP contribution in [-0.4, -0.2) is 24.5 Å². The van der Waals surface area contributed by atoms with Crippen molar-refractivity contribution in [3.63, 3.8) is 0 Å². The zero-order chi connectivity index (χ0) is 13.1. The van der Waals surface area contributed by atoms with Gasteiger partial charge in [0.2, 0.25) is 5.78 Å². The number of benzene rings is 1. The van der Waals surface area contributed by atoms with E-state index in [4.69, 9.17) is 9.47 Å². The van der Waals surface area contributed by atoms with Crippen LogP contribution in [0.2, 0.25) is 0 Å². The second kappa shape index (κ2) is 4.99. The number of esters is 1. The van der Waals surface area contributed by atoms with Crippen molar-refractivity contribution in [3.8, 4) is 5.75 Å². The SMILES string of the molecule is COc1ccccc1C(=O)C(C)(C)OC(C)=O. The maximum absolute atomic E-state index is 12.2. The van der Waals surface area contributed by atoms with Gasteiger partial charge in [0.25, 0.3) is 0 Å². The first-order chi connectivity index (χ1) is 7.88. The lowest BCUT2D eigenvalue weighted by atomic mass is 9.96. The Balaban J connectivity index is 3.07. The maximum atomic E-state index is 12.2. The summed E-state index contributed by atoms with van der Waals surface area (Å²) >= 11 is 0. The first-order valence-electron chi connectivity index (χ1n) is 5.26. The molecule has 0 saturated heterocycles. The van der Waals surface area contributed by atoms with Crippen molar-refractivity contribution in [1.82, 2.24) is 0 Å². The summed E-state index contributed by atoms with van der Waals surface area (Å²) in [6, 6.07) is 6.84. The lowest BCUT2D eigenvalue weighted by Crippen LogP contribution is -2.36. The quantitative estimate of drug-likeness (QED) is 0.594. The van der Waals surface area contributed by atoms with Gasteiger partial charge in [-0.3, -0.25) is 9.59 Å². The first-order valence-corrected chi connectivity index (χ1v) is 5.26. The Bertz CT molecular complexity index is 435. The van der Waals surface area contributed by atoms with Gasteiger partial charge in [-0.25, -0.2) is 0 Å². The molecule has 0 aliphatic carbocycles. The molecule has 0 fully saturated rings. The van der Waals surface area contributed by atoms with Crippen LogP contribution < -0.4 is 4.74 Å². The minimum Gasteiger partial charge on any atom is -0.496 e. The molecule has 1 aromatic rings. The van der Waals surface area contributed by atoms with E-state index in [0.717, 1.165) is 0 Å². The Kier molecular flexibility index (Phi) is 3.89. The zero-order valence-corrected chi connectivity index (χ0v) is 10.4. The van der Waals surface area contributed by atoms with E-state index in [9.17, 15) is 9.59 Å². The molecule has 0 saturated carbocycles. The zero-order valence-electron chi connectivity index (χ0n) is 10.4. The number of Topliss-reactive ketones (excluding diaryl/α,β-unsaturated/α-hetero) is 1. The largest absolute Gasteiger partial charge is 0.496 e. The molecule has 0 aliphatic heterocycles. The lowest BCUT2D eigenvalue weighted by molar-refractivity contribution is -0.149. The van der Waals surface area contributed by atoms with Crippen LogP contribution in [0.15, 0.2) is 24.3 Å². The number of hydrogen-bond donors (Lipinski definition) is 0. The van der Waals surface area contributed by atoms with E-state index < -0.39 is 11.6 Å². The third-order valence-electron chi connectivity index (χ3n) is 2.30. The van der Waals surface area contributed by atoms with Gasteiger partial charge >= 0.3 is 5.97 Å². The van der Waals surface area contributed by atoms with Crippen LogP contribution in [0, 0.1) is 0 Å². The van der Waals surface area contributed by atoms with Gasteiger partial charge in [-0.05, 0) is 26.0 Å².